The van der Waals surface area contributed by atoms with E-state index in [1.807, 2.05) is 17.6 Å². The van der Waals surface area contributed by atoms with Crippen LogP contribution in [0, 0.1) is 18.3 Å². The van der Waals surface area contributed by atoms with Crippen LogP contribution in [0.15, 0.2) is 4.79 Å². The molecular formula is C10H11N3O. The van der Waals surface area contributed by atoms with E-state index in [4.69, 9.17) is 5.26 Å². The molecule has 0 aromatic carbocycles. The van der Waals surface area contributed by atoms with E-state index in [1.165, 1.54) is 0 Å². The highest BCUT2D eigenvalue weighted by atomic mass is 16.1. The minimum absolute atomic E-state index is 0.232. The van der Waals surface area contributed by atoms with Crippen molar-refractivity contribution in [2.24, 2.45) is 0 Å². The standard InChI is InChI=1S/C10H11N3O/c1-7-12-10(14)8(6-11)9-4-2-3-5-13(7)9/h2-5H2,1H3. The van der Waals surface area contributed by atoms with Crippen LogP contribution in [0.2, 0.25) is 0 Å². The van der Waals surface area contributed by atoms with Gasteiger partial charge < -0.3 is 4.57 Å². The summed E-state index contributed by atoms with van der Waals surface area (Å²) < 4.78 is 1.99. The van der Waals surface area contributed by atoms with Gasteiger partial charge in [0.25, 0.3) is 5.56 Å². The average Bonchev–Trinajstić information content (AvgIpc) is 2.18. The molecule has 0 saturated heterocycles. The Labute approximate surface area is 81.8 Å². The van der Waals surface area contributed by atoms with Gasteiger partial charge in [-0.15, -0.1) is 0 Å². The molecule has 1 aliphatic rings. The molecule has 0 atom stereocenters. The zero-order valence-electron chi connectivity index (χ0n) is 8.08. The normalized spacial score (nSPS) is 14.6. The first-order chi connectivity index (χ1) is 6.74. The first-order valence-electron chi connectivity index (χ1n) is 4.74. The lowest BCUT2D eigenvalue weighted by Crippen LogP contribution is -2.26. The summed E-state index contributed by atoms with van der Waals surface area (Å²) in [6.45, 7) is 2.69. The van der Waals surface area contributed by atoms with Gasteiger partial charge in [0.2, 0.25) is 0 Å². The van der Waals surface area contributed by atoms with Gasteiger partial charge in [0.1, 0.15) is 17.5 Å². The van der Waals surface area contributed by atoms with Gasteiger partial charge in [0.05, 0.1) is 0 Å². The van der Waals surface area contributed by atoms with Crippen LogP contribution in [0.3, 0.4) is 0 Å². The topological polar surface area (TPSA) is 58.7 Å². The van der Waals surface area contributed by atoms with E-state index in [9.17, 15) is 4.79 Å². The van der Waals surface area contributed by atoms with Crippen molar-refractivity contribution >= 4 is 0 Å². The minimum Gasteiger partial charge on any atom is -0.332 e. The van der Waals surface area contributed by atoms with Gasteiger partial charge in [-0.2, -0.15) is 10.2 Å². The second kappa shape index (κ2) is 3.26. The number of hydrogen-bond acceptors (Lipinski definition) is 3. The fraction of sp³-hybridized carbons (Fsp3) is 0.500. The van der Waals surface area contributed by atoms with Crippen molar-refractivity contribution in [1.82, 2.24) is 9.55 Å². The number of aryl methyl sites for hydroxylation is 1. The molecule has 2 heterocycles. The fourth-order valence-corrected chi connectivity index (χ4v) is 1.95. The van der Waals surface area contributed by atoms with Gasteiger partial charge in [-0.25, -0.2) is 0 Å². The van der Waals surface area contributed by atoms with Gasteiger partial charge in [-0.05, 0) is 26.2 Å². The molecule has 1 aromatic heterocycles. The van der Waals surface area contributed by atoms with Gasteiger partial charge in [0, 0.05) is 12.2 Å². The maximum atomic E-state index is 11.4. The molecule has 72 valence electrons. The number of nitrogens with zero attached hydrogens (tertiary/aromatic N) is 3. The first kappa shape index (κ1) is 8.95. The third kappa shape index (κ3) is 1.22. The maximum Gasteiger partial charge on any atom is 0.291 e. The molecule has 0 fully saturated rings. The van der Waals surface area contributed by atoms with Crippen molar-refractivity contribution < 1.29 is 0 Å². The molecular weight excluding hydrogens is 178 g/mol. The monoisotopic (exact) mass is 189 g/mol. The van der Waals surface area contributed by atoms with Gasteiger partial charge >= 0.3 is 0 Å². The summed E-state index contributed by atoms with van der Waals surface area (Å²) in [5.41, 5.74) is 0.727. The molecule has 0 spiro atoms. The summed E-state index contributed by atoms with van der Waals surface area (Å²) in [5, 5.41) is 8.86. The van der Waals surface area contributed by atoms with Gasteiger partial charge in [0.15, 0.2) is 0 Å². The molecule has 4 heteroatoms. The Hall–Kier alpha value is -1.63. The second-order valence-electron chi connectivity index (χ2n) is 3.51. The lowest BCUT2D eigenvalue weighted by atomic mass is 10.1. The van der Waals surface area contributed by atoms with Crippen LogP contribution in [-0.4, -0.2) is 9.55 Å². The van der Waals surface area contributed by atoms with Crippen molar-refractivity contribution in [2.75, 3.05) is 0 Å². The highest BCUT2D eigenvalue weighted by Gasteiger charge is 2.17. The van der Waals surface area contributed by atoms with Crippen LogP contribution in [0.4, 0.5) is 0 Å². The molecule has 0 saturated carbocycles. The number of rotatable bonds is 0. The summed E-state index contributed by atoms with van der Waals surface area (Å²) in [6.07, 6.45) is 2.97. The zero-order valence-corrected chi connectivity index (χ0v) is 8.08. The Morgan fingerprint density at radius 2 is 2.29 bits per heavy atom. The van der Waals surface area contributed by atoms with Crippen LogP contribution in [-0.2, 0) is 13.0 Å². The number of fused-ring (bicyclic) bond motifs is 1. The molecule has 14 heavy (non-hydrogen) atoms. The molecule has 0 amide bonds. The smallest absolute Gasteiger partial charge is 0.291 e. The van der Waals surface area contributed by atoms with Crippen molar-refractivity contribution in [3.05, 3.63) is 27.4 Å². The molecule has 0 aliphatic carbocycles. The molecule has 0 radical (unpaired) electrons. The Bertz CT molecular complexity index is 467. The third-order valence-corrected chi connectivity index (χ3v) is 2.64. The van der Waals surface area contributed by atoms with Crippen LogP contribution < -0.4 is 5.56 Å². The highest BCUT2D eigenvalue weighted by Crippen LogP contribution is 2.16. The van der Waals surface area contributed by atoms with Gasteiger partial charge in [-0.3, -0.25) is 4.79 Å². The van der Waals surface area contributed by atoms with Crippen LogP contribution in [0.25, 0.3) is 0 Å². The predicted octanol–water partition coefficient (Wildman–Crippen LogP) is 0.760. The van der Waals surface area contributed by atoms with Crippen molar-refractivity contribution in [3.63, 3.8) is 0 Å². The summed E-state index contributed by atoms with van der Waals surface area (Å²) in [7, 11) is 0. The average molecular weight is 189 g/mol. The molecule has 0 N–H and O–H groups in total. The van der Waals surface area contributed by atoms with Crippen LogP contribution in [0.5, 0.6) is 0 Å². The maximum absolute atomic E-state index is 11.4. The summed E-state index contributed by atoms with van der Waals surface area (Å²) in [4.78, 5) is 15.2. The lowest BCUT2D eigenvalue weighted by molar-refractivity contribution is 0.502. The van der Waals surface area contributed by atoms with Crippen molar-refractivity contribution in [3.8, 4) is 6.07 Å². The van der Waals surface area contributed by atoms with E-state index in [-0.39, 0.29) is 11.1 Å². The molecule has 0 bridgehead atoms. The van der Waals surface area contributed by atoms with E-state index >= 15 is 0 Å². The molecule has 4 nitrogen and oxygen atoms in total. The molecule has 2 rings (SSSR count). The summed E-state index contributed by atoms with van der Waals surface area (Å²) in [5.74, 6) is 0.726. The lowest BCUT2D eigenvalue weighted by Gasteiger charge is -2.21. The number of aromatic nitrogens is 2. The van der Waals surface area contributed by atoms with E-state index < -0.39 is 0 Å². The largest absolute Gasteiger partial charge is 0.332 e. The van der Waals surface area contributed by atoms with E-state index in [1.54, 1.807) is 0 Å². The summed E-state index contributed by atoms with van der Waals surface area (Å²) >= 11 is 0. The molecule has 0 unspecified atom stereocenters. The Kier molecular flexibility index (Phi) is 2.08. The Balaban J connectivity index is 2.75. The van der Waals surface area contributed by atoms with Crippen LogP contribution >= 0.6 is 0 Å². The molecule has 1 aliphatic heterocycles. The quantitative estimate of drug-likeness (QED) is 0.605. The van der Waals surface area contributed by atoms with Crippen LogP contribution in [0.1, 0.15) is 29.9 Å². The van der Waals surface area contributed by atoms with Crippen molar-refractivity contribution in [1.29, 1.82) is 5.26 Å². The van der Waals surface area contributed by atoms with E-state index in [0.717, 1.165) is 37.3 Å². The predicted molar refractivity (Wildman–Crippen MR) is 50.9 cm³/mol. The SMILES string of the molecule is Cc1nc(=O)c(C#N)c2n1CCCC2. The summed E-state index contributed by atoms with van der Waals surface area (Å²) in [6, 6.07) is 1.95. The van der Waals surface area contributed by atoms with Gasteiger partial charge in [-0.1, -0.05) is 0 Å². The van der Waals surface area contributed by atoms with E-state index in [2.05, 4.69) is 4.98 Å². The van der Waals surface area contributed by atoms with E-state index in [0.29, 0.717) is 0 Å². The van der Waals surface area contributed by atoms with Crippen molar-refractivity contribution in [2.45, 2.75) is 32.7 Å². The zero-order chi connectivity index (χ0) is 10.1. The number of nitriles is 1. The number of hydrogen-bond donors (Lipinski definition) is 0. The Morgan fingerprint density at radius 1 is 1.50 bits per heavy atom. The highest BCUT2D eigenvalue weighted by molar-refractivity contribution is 5.32. The fourth-order valence-electron chi connectivity index (χ4n) is 1.95. The minimum atomic E-state index is -0.377. The molecule has 1 aromatic rings. The first-order valence-corrected chi connectivity index (χ1v) is 4.74. The Morgan fingerprint density at radius 3 is 3.00 bits per heavy atom. The third-order valence-electron chi connectivity index (χ3n) is 2.64. The second-order valence-corrected chi connectivity index (χ2v) is 3.51.